The molecule has 0 radical (unpaired) electrons. The number of anilines is 1. The molecule has 27 heavy (non-hydrogen) atoms. The summed E-state index contributed by atoms with van der Waals surface area (Å²) in [7, 11) is 5.58. The van der Waals surface area contributed by atoms with Crippen molar-refractivity contribution in [3.8, 4) is 5.75 Å². The molecular formula is C19H21BrClN3O2S. The number of likely N-dealkylation sites (N-methyl/N-ethyl adjacent to an activating group) is 1. The molecule has 0 aliphatic carbocycles. The van der Waals surface area contributed by atoms with E-state index in [0.29, 0.717) is 23.0 Å². The van der Waals surface area contributed by atoms with Crippen molar-refractivity contribution >= 4 is 60.9 Å². The SMILES string of the molecule is COc1cccc(C(=O)N(CCN(C)C)c2nc3ccc(Br)cc3s2)c1.Cl. The van der Waals surface area contributed by atoms with Gasteiger partial charge in [0.05, 0.1) is 17.3 Å². The minimum absolute atomic E-state index is 0. The molecular weight excluding hydrogens is 450 g/mol. The van der Waals surface area contributed by atoms with Crippen LogP contribution in [0.1, 0.15) is 10.4 Å². The Morgan fingerprint density at radius 1 is 1.19 bits per heavy atom. The van der Waals surface area contributed by atoms with Crippen LogP contribution >= 0.6 is 39.7 Å². The second kappa shape index (κ2) is 9.50. The molecule has 0 fully saturated rings. The molecule has 0 saturated heterocycles. The van der Waals surface area contributed by atoms with E-state index in [9.17, 15) is 4.79 Å². The molecule has 8 heteroatoms. The number of amides is 1. The summed E-state index contributed by atoms with van der Waals surface area (Å²) in [5, 5.41) is 0.702. The molecule has 0 aliphatic rings. The zero-order valence-electron chi connectivity index (χ0n) is 15.3. The Bertz CT molecular complexity index is 932. The normalized spacial score (nSPS) is 10.7. The van der Waals surface area contributed by atoms with Crippen LogP contribution in [-0.2, 0) is 0 Å². The zero-order chi connectivity index (χ0) is 18.7. The molecule has 0 atom stereocenters. The van der Waals surface area contributed by atoms with Gasteiger partial charge in [0.25, 0.3) is 5.91 Å². The maximum absolute atomic E-state index is 13.2. The lowest BCUT2D eigenvalue weighted by Crippen LogP contribution is -2.36. The Balaban J connectivity index is 0.00000261. The summed E-state index contributed by atoms with van der Waals surface area (Å²) in [4.78, 5) is 21.6. The van der Waals surface area contributed by atoms with Gasteiger partial charge in [-0.3, -0.25) is 9.69 Å². The first-order valence-corrected chi connectivity index (χ1v) is 9.75. The molecule has 3 aromatic rings. The van der Waals surface area contributed by atoms with Crippen molar-refractivity contribution in [2.24, 2.45) is 0 Å². The highest BCUT2D eigenvalue weighted by Gasteiger charge is 2.22. The molecule has 0 spiro atoms. The summed E-state index contributed by atoms with van der Waals surface area (Å²) in [5.41, 5.74) is 1.48. The van der Waals surface area contributed by atoms with Gasteiger partial charge in [0.15, 0.2) is 5.13 Å². The fraction of sp³-hybridized carbons (Fsp3) is 0.263. The van der Waals surface area contributed by atoms with Gasteiger partial charge in [-0.1, -0.05) is 33.3 Å². The lowest BCUT2D eigenvalue weighted by atomic mass is 10.2. The van der Waals surface area contributed by atoms with E-state index in [4.69, 9.17) is 4.74 Å². The van der Waals surface area contributed by atoms with E-state index < -0.39 is 0 Å². The number of methoxy groups -OCH3 is 1. The minimum atomic E-state index is -0.0797. The Kier molecular flexibility index (Phi) is 7.61. The molecule has 5 nitrogen and oxygen atoms in total. The number of thiazole rings is 1. The average Bonchev–Trinajstić information content (AvgIpc) is 3.04. The van der Waals surface area contributed by atoms with Crippen LogP contribution in [0.2, 0.25) is 0 Å². The number of carbonyl (C=O) groups excluding carboxylic acids is 1. The molecule has 0 unspecified atom stereocenters. The Morgan fingerprint density at radius 2 is 1.96 bits per heavy atom. The number of benzene rings is 2. The largest absolute Gasteiger partial charge is 0.497 e. The van der Waals surface area contributed by atoms with E-state index >= 15 is 0 Å². The molecule has 2 aromatic carbocycles. The van der Waals surface area contributed by atoms with Crippen LogP contribution < -0.4 is 9.64 Å². The smallest absolute Gasteiger partial charge is 0.260 e. The number of aromatic nitrogens is 1. The highest BCUT2D eigenvalue weighted by Crippen LogP contribution is 2.31. The number of rotatable bonds is 6. The highest BCUT2D eigenvalue weighted by molar-refractivity contribution is 9.10. The molecule has 1 heterocycles. The molecule has 1 aromatic heterocycles. The van der Waals surface area contributed by atoms with Crippen molar-refractivity contribution in [2.45, 2.75) is 0 Å². The molecule has 144 valence electrons. The summed E-state index contributed by atoms with van der Waals surface area (Å²) in [6.07, 6.45) is 0. The quantitative estimate of drug-likeness (QED) is 0.524. The average molecular weight is 471 g/mol. The molecule has 0 bridgehead atoms. The maximum atomic E-state index is 13.2. The Hall–Kier alpha value is -1.67. The Morgan fingerprint density at radius 3 is 2.67 bits per heavy atom. The van der Waals surface area contributed by atoms with Gasteiger partial charge >= 0.3 is 0 Å². The zero-order valence-corrected chi connectivity index (χ0v) is 18.5. The number of hydrogen-bond acceptors (Lipinski definition) is 5. The molecule has 3 rings (SSSR count). The van der Waals surface area contributed by atoms with Crippen LogP contribution in [0.5, 0.6) is 5.75 Å². The van der Waals surface area contributed by atoms with Gasteiger partial charge in [-0.15, -0.1) is 12.4 Å². The van der Waals surface area contributed by atoms with Crippen LogP contribution in [0.25, 0.3) is 10.2 Å². The summed E-state index contributed by atoms with van der Waals surface area (Å²) < 4.78 is 7.30. The monoisotopic (exact) mass is 469 g/mol. The number of fused-ring (bicyclic) bond motifs is 1. The predicted molar refractivity (Wildman–Crippen MR) is 118 cm³/mol. The number of carbonyl (C=O) groups is 1. The Labute approximate surface area is 177 Å². The van der Waals surface area contributed by atoms with Gasteiger partial charge < -0.3 is 9.64 Å². The van der Waals surface area contributed by atoms with Gasteiger partial charge in [-0.25, -0.2) is 4.98 Å². The fourth-order valence-electron chi connectivity index (χ4n) is 2.50. The van der Waals surface area contributed by atoms with Crippen LogP contribution in [0, 0.1) is 0 Å². The van der Waals surface area contributed by atoms with Crippen molar-refractivity contribution in [3.63, 3.8) is 0 Å². The maximum Gasteiger partial charge on any atom is 0.260 e. The first kappa shape index (κ1) is 21.6. The predicted octanol–water partition coefficient (Wildman–Crippen LogP) is 4.70. The first-order valence-electron chi connectivity index (χ1n) is 8.14. The van der Waals surface area contributed by atoms with E-state index in [-0.39, 0.29) is 18.3 Å². The van der Waals surface area contributed by atoms with Crippen molar-refractivity contribution in [1.82, 2.24) is 9.88 Å². The van der Waals surface area contributed by atoms with Crippen molar-refractivity contribution < 1.29 is 9.53 Å². The molecule has 0 saturated carbocycles. The van der Waals surface area contributed by atoms with E-state index in [2.05, 4.69) is 25.8 Å². The van der Waals surface area contributed by atoms with Crippen LogP contribution in [0.15, 0.2) is 46.9 Å². The molecule has 1 amide bonds. The van der Waals surface area contributed by atoms with Gasteiger partial charge in [0.2, 0.25) is 0 Å². The van der Waals surface area contributed by atoms with Crippen molar-refractivity contribution in [1.29, 1.82) is 0 Å². The summed E-state index contributed by atoms with van der Waals surface area (Å²) >= 11 is 5.01. The van der Waals surface area contributed by atoms with Crippen molar-refractivity contribution in [3.05, 3.63) is 52.5 Å². The third kappa shape index (κ3) is 5.19. The lowest BCUT2D eigenvalue weighted by molar-refractivity contribution is 0.0985. The van der Waals surface area contributed by atoms with E-state index in [1.54, 1.807) is 24.1 Å². The second-order valence-corrected chi connectivity index (χ2v) is 8.03. The van der Waals surface area contributed by atoms with Gasteiger partial charge in [0, 0.05) is 23.1 Å². The molecule has 0 N–H and O–H groups in total. The topological polar surface area (TPSA) is 45.7 Å². The summed E-state index contributed by atoms with van der Waals surface area (Å²) in [6.45, 7) is 1.30. The lowest BCUT2D eigenvalue weighted by Gasteiger charge is -2.22. The standard InChI is InChI=1S/C19H20BrN3O2S.ClH/c1-22(2)9-10-23(18(24)13-5-4-6-15(11-13)25-3)19-21-16-8-7-14(20)12-17(16)26-19;/h4-8,11-12H,9-10H2,1-3H3;1H. The number of halogens is 2. The van der Waals surface area contributed by atoms with E-state index in [0.717, 1.165) is 21.2 Å². The molecule has 0 aliphatic heterocycles. The van der Waals surface area contributed by atoms with Crippen molar-refractivity contribution in [2.75, 3.05) is 39.2 Å². The summed E-state index contributed by atoms with van der Waals surface area (Å²) in [5.74, 6) is 0.584. The third-order valence-electron chi connectivity index (χ3n) is 3.90. The van der Waals surface area contributed by atoms with Crippen LogP contribution in [0.4, 0.5) is 5.13 Å². The first-order chi connectivity index (χ1) is 12.5. The third-order valence-corrected chi connectivity index (χ3v) is 5.44. The van der Waals surface area contributed by atoms with Crippen LogP contribution in [-0.4, -0.2) is 50.1 Å². The van der Waals surface area contributed by atoms with Gasteiger partial charge in [-0.2, -0.15) is 0 Å². The van der Waals surface area contributed by atoms with E-state index in [1.165, 1.54) is 11.3 Å². The number of ether oxygens (including phenoxy) is 1. The van der Waals surface area contributed by atoms with Crippen LogP contribution in [0.3, 0.4) is 0 Å². The number of nitrogens with zero attached hydrogens (tertiary/aromatic N) is 3. The summed E-state index contributed by atoms with van der Waals surface area (Å²) in [6, 6.07) is 13.2. The van der Waals surface area contributed by atoms with Gasteiger partial charge in [0.1, 0.15) is 5.75 Å². The minimum Gasteiger partial charge on any atom is -0.497 e. The van der Waals surface area contributed by atoms with Gasteiger partial charge in [-0.05, 0) is 50.5 Å². The van der Waals surface area contributed by atoms with E-state index in [1.807, 2.05) is 44.4 Å². The fourth-order valence-corrected chi connectivity index (χ4v) is 4.04. The second-order valence-electron chi connectivity index (χ2n) is 6.10. The highest BCUT2D eigenvalue weighted by atomic mass is 79.9. The number of hydrogen-bond donors (Lipinski definition) is 0.